The van der Waals surface area contributed by atoms with Gasteiger partial charge < -0.3 is 14.8 Å². The summed E-state index contributed by atoms with van der Waals surface area (Å²) in [5.41, 5.74) is 1.69. The predicted molar refractivity (Wildman–Crippen MR) is 114 cm³/mol. The number of hydrogen-bond acceptors (Lipinski definition) is 7. The maximum absolute atomic E-state index is 12.4. The van der Waals surface area contributed by atoms with Crippen molar-refractivity contribution in [1.29, 1.82) is 0 Å². The Morgan fingerprint density at radius 2 is 1.93 bits per heavy atom. The lowest BCUT2D eigenvalue weighted by Crippen LogP contribution is -2.25. The smallest absolute Gasteiger partial charge is 0.288 e. The Morgan fingerprint density at radius 3 is 2.70 bits per heavy atom. The third-order valence-corrected chi connectivity index (χ3v) is 6.06. The summed E-state index contributed by atoms with van der Waals surface area (Å²) in [7, 11) is 0. The molecule has 0 spiro atoms. The second kappa shape index (κ2) is 9.48. The Kier molecular flexibility index (Phi) is 6.53. The van der Waals surface area contributed by atoms with Crippen LogP contribution in [0.25, 0.3) is 0 Å². The van der Waals surface area contributed by atoms with Crippen LogP contribution in [-0.4, -0.2) is 41.5 Å². The largest absolute Gasteiger partial charge is 0.486 e. The maximum Gasteiger partial charge on any atom is 0.288 e. The van der Waals surface area contributed by atoms with Crippen LogP contribution in [0.15, 0.2) is 57.6 Å². The van der Waals surface area contributed by atoms with E-state index >= 15 is 0 Å². The fourth-order valence-electron chi connectivity index (χ4n) is 2.90. The number of rotatable bonds is 6. The fourth-order valence-corrected chi connectivity index (χ4v) is 4.36. The molecule has 1 fully saturated rings. The van der Waals surface area contributed by atoms with Crippen molar-refractivity contribution in [3.63, 3.8) is 0 Å². The molecule has 0 saturated carbocycles. The average molecular weight is 450 g/mol. The summed E-state index contributed by atoms with van der Waals surface area (Å²) in [6, 6.07) is 12.3. The van der Waals surface area contributed by atoms with Crippen LogP contribution in [0.1, 0.15) is 11.1 Å². The second-order valence-corrected chi connectivity index (χ2v) is 8.63. The van der Waals surface area contributed by atoms with Gasteiger partial charge in [-0.15, -0.1) is 5.10 Å². The molecule has 0 aliphatic carbocycles. The number of benzene rings is 2. The molecule has 1 amide bonds. The van der Waals surface area contributed by atoms with E-state index in [2.05, 4.69) is 15.5 Å². The summed E-state index contributed by atoms with van der Waals surface area (Å²) in [6.45, 7) is 1.04. The number of amides is 1. The number of nitrogens with zero attached hydrogens (tertiary/aromatic N) is 2. The molecular weight excluding hydrogens is 432 g/mol. The first kappa shape index (κ1) is 20.7. The first-order valence-corrected chi connectivity index (χ1v) is 10.8. The Hall–Kier alpha value is -2.59. The molecule has 2 aromatic rings. The van der Waals surface area contributed by atoms with Gasteiger partial charge in [-0.1, -0.05) is 35.7 Å². The van der Waals surface area contributed by atoms with E-state index in [1.54, 1.807) is 30.5 Å². The average Bonchev–Trinajstić information content (AvgIpc) is 3.08. The van der Waals surface area contributed by atoms with Crippen LogP contribution in [-0.2, 0) is 11.2 Å². The number of thioether (sulfide) groups is 2. The van der Waals surface area contributed by atoms with Gasteiger partial charge >= 0.3 is 0 Å². The number of ether oxygens (including phenoxy) is 2. The van der Waals surface area contributed by atoms with Gasteiger partial charge in [0.15, 0.2) is 16.7 Å². The molecule has 2 heterocycles. The van der Waals surface area contributed by atoms with Gasteiger partial charge in [-0.25, -0.2) is 0 Å². The number of carbonyl (C=O) groups is 1. The summed E-state index contributed by atoms with van der Waals surface area (Å²) in [5.74, 6) is -1.24. The summed E-state index contributed by atoms with van der Waals surface area (Å²) in [6.07, 6.45) is 2.05. The molecule has 1 atom stereocenters. The first-order valence-electron chi connectivity index (χ1n) is 9.09. The SMILES string of the molecule is O=C1N/C(=N\N=C/c2ccc3c(c2)OCCO3)S[C@@H]1Cc1ccc(SC(F)F)cc1. The van der Waals surface area contributed by atoms with Gasteiger partial charge in [-0.2, -0.15) is 13.9 Å². The molecule has 0 radical (unpaired) electrons. The van der Waals surface area contributed by atoms with Crippen molar-refractivity contribution in [3.05, 3.63) is 53.6 Å². The summed E-state index contributed by atoms with van der Waals surface area (Å²) >= 11 is 1.79. The molecule has 10 heteroatoms. The standard InChI is InChI=1S/C20H17F2N3O3S2/c21-19(22)29-14-4-1-12(2-5-14)10-17-18(26)24-20(30-17)25-23-11-13-3-6-15-16(9-13)28-8-7-27-15/h1-6,9,11,17,19H,7-8,10H2,(H,24,25,26)/b23-11-/t17-/m1/s1. The minimum Gasteiger partial charge on any atom is -0.486 e. The number of amidine groups is 1. The van der Waals surface area contributed by atoms with Gasteiger partial charge in [0.25, 0.3) is 5.76 Å². The van der Waals surface area contributed by atoms with Gasteiger partial charge in [0.1, 0.15) is 13.2 Å². The molecule has 1 saturated heterocycles. The molecule has 4 rings (SSSR count). The number of fused-ring (bicyclic) bond motifs is 1. The topological polar surface area (TPSA) is 72.3 Å². The van der Waals surface area contributed by atoms with E-state index < -0.39 is 5.76 Å². The molecule has 2 aliphatic heterocycles. The van der Waals surface area contributed by atoms with Crippen LogP contribution in [0.4, 0.5) is 8.78 Å². The molecule has 156 valence electrons. The summed E-state index contributed by atoms with van der Waals surface area (Å²) in [5, 5.41) is 10.9. The van der Waals surface area contributed by atoms with Gasteiger partial charge in [0.2, 0.25) is 5.91 Å². The van der Waals surface area contributed by atoms with Gasteiger partial charge in [-0.05, 0) is 47.9 Å². The van der Waals surface area contributed by atoms with Crippen molar-refractivity contribution in [3.8, 4) is 11.5 Å². The van der Waals surface area contributed by atoms with E-state index in [0.29, 0.717) is 53.0 Å². The van der Waals surface area contributed by atoms with Crippen LogP contribution in [0.5, 0.6) is 11.5 Å². The highest BCUT2D eigenvalue weighted by Crippen LogP contribution is 2.30. The number of halogens is 2. The Balaban J connectivity index is 1.35. The molecule has 30 heavy (non-hydrogen) atoms. The Morgan fingerprint density at radius 1 is 1.17 bits per heavy atom. The highest BCUT2D eigenvalue weighted by atomic mass is 32.2. The van der Waals surface area contributed by atoms with Crippen LogP contribution in [0.2, 0.25) is 0 Å². The van der Waals surface area contributed by atoms with E-state index in [-0.39, 0.29) is 11.2 Å². The lowest BCUT2D eigenvalue weighted by molar-refractivity contribution is -0.118. The van der Waals surface area contributed by atoms with Crippen molar-refractivity contribution >= 4 is 40.8 Å². The maximum atomic E-state index is 12.4. The second-order valence-electron chi connectivity index (χ2n) is 6.38. The molecule has 0 bridgehead atoms. The highest BCUT2D eigenvalue weighted by Gasteiger charge is 2.30. The number of hydrogen-bond donors (Lipinski definition) is 1. The van der Waals surface area contributed by atoms with E-state index in [1.165, 1.54) is 11.8 Å². The van der Waals surface area contributed by atoms with Crippen molar-refractivity contribution in [1.82, 2.24) is 5.32 Å². The van der Waals surface area contributed by atoms with Crippen LogP contribution < -0.4 is 14.8 Å². The Bertz CT molecular complexity index is 984. The Labute approximate surface area is 180 Å². The fraction of sp³-hybridized carbons (Fsp3) is 0.250. The zero-order valence-corrected chi connectivity index (χ0v) is 17.2. The predicted octanol–water partition coefficient (Wildman–Crippen LogP) is 3.94. The molecule has 2 aliphatic rings. The number of carbonyl (C=O) groups excluding carboxylic acids is 1. The summed E-state index contributed by atoms with van der Waals surface area (Å²) in [4.78, 5) is 12.7. The molecule has 0 aromatic heterocycles. The molecule has 1 N–H and O–H groups in total. The van der Waals surface area contributed by atoms with E-state index in [4.69, 9.17) is 9.47 Å². The van der Waals surface area contributed by atoms with E-state index in [9.17, 15) is 13.6 Å². The molecular formula is C20H17F2N3O3S2. The third-order valence-electron chi connectivity index (χ3n) is 4.27. The van der Waals surface area contributed by atoms with Gasteiger partial charge in [0, 0.05) is 4.90 Å². The molecule has 6 nitrogen and oxygen atoms in total. The van der Waals surface area contributed by atoms with Crippen molar-refractivity contribution < 1.29 is 23.0 Å². The van der Waals surface area contributed by atoms with Crippen molar-refractivity contribution in [2.45, 2.75) is 22.3 Å². The summed E-state index contributed by atoms with van der Waals surface area (Å²) < 4.78 is 35.8. The van der Waals surface area contributed by atoms with Gasteiger partial charge in [-0.3, -0.25) is 4.79 Å². The third kappa shape index (κ3) is 5.31. The normalized spacial score (nSPS) is 19.6. The monoisotopic (exact) mass is 449 g/mol. The number of alkyl halides is 2. The first-order chi connectivity index (χ1) is 14.6. The molecule has 2 aromatic carbocycles. The lowest BCUT2D eigenvalue weighted by Gasteiger charge is -2.18. The zero-order valence-electron chi connectivity index (χ0n) is 15.6. The minimum absolute atomic E-state index is 0.153. The minimum atomic E-state index is -2.45. The highest BCUT2D eigenvalue weighted by molar-refractivity contribution is 8.15. The quantitative estimate of drug-likeness (QED) is 0.411. The van der Waals surface area contributed by atoms with Crippen molar-refractivity contribution in [2.75, 3.05) is 13.2 Å². The lowest BCUT2D eigenvalue weighted by atomic mass is 10.1. The van der Waals surface area contributed by atoms with Crippen LogP contribution in [0, 0.1) is 0 Å². The van der Waals surface area contributed by atoms with Crippen LogP contribution in [0.3, 0.4) is 0 Å². The van der Waals surface area contributed by atoms with E-state index in [1.807, 2.05) is 18.2 Å². The number of nitrogens with one attached hydrogen (secondary N) is 1. The molecule has 0 unspecified atom stereocenters. The van der Waals surface area contributed by atoms with Crippen LogP contribution >= 0.6 is 23.5 Å². The van der Waals surface area contributed by atoms with Crippen molar-refractivity contribution in [2.24, 2.45) is 10.2 Å². The van der Waals surface area contributed by atoms with E-state index in [0.717, 1.165) is 11.1 Å². The van der Waals surface area contributed by atoms with Gasteiger partial charge in [0.05, 0.1) is 11.5 Å². The zero-order chi connectivity index (χ0) is 20.9.